The minimum absolute atomic E-state index is 0.143. The predicted molar refractivity (Wildman–Crippen MR) is 64.8 cm³/mol. The number of unbranched alkanes of at least 4 members (excludes halogenated alkanes) is 2. The number of rotatable bonds is 7. The van der Waals surface area contributed by atoms with Gasteiger partial charge < -0.3 is 5.32 Å². The lowest BCUT2D eigenvalue weighted by atomic mass is 10.3. The number of nitrogens with one attached hydrogen (secondary N) is 1. The van der Waals surface area contributed by atoms with E-state index in [1.54, 1.807) is 11.8 Å². The van der Waals surface area contributed by atoms with E-state index in [1.807, 2.05) is 0 Å². The van der Waals surface area contributed by atoms with Crippen LogP contribution in [0.4, 0.5) is 9.52 Å². The average Bonchev–Trinajstić information content (AvgIpc) is 2.64. The van der Waals surface area contributed by atoms with Crippen molar-refractivity contribution in [2.24, 2.45) is 0 Å². The van der Waals surface area contributed by atoms with Gasteiger partial charge in [-0.25, -0.2) is 0 Å². The zero-order valence-corrected chi connectivity index (χ0v) is 10.7. The summed E-state index contributed by atoms with van der Waals surface area (Å²) in [5, 5.41) is 10.9. The van der Waals surface area contributed by atoms with Gasteiger partial charge in [0.1, 0.15) is 0 Å². The van der Waals surface area contributed by atoms with Crippen LogP contribution < -0.4 is 5.32 Å². The highest BCUT2D eigenvalue weighted by atomic mass is 32.2. The fourth-order valence-electron chi connectivity index (χ4n) is 1.00. The van der Waals surface area contributed by atoms with Gasteiger partial charge in [0.25, 0.3) is 0 Å². The van der Waals surface area contributed by atoms with Crippen molar-refractivity contribution in [2.75, 3.05) is 17.7 Å². The molecule has 0 saturated heterocycles. The quantitative estimate of drug-likeness (QED) is 0.467. The first-order valence-electron chi connectivity index (χ1n) is 5.02. The van der Waals surface area contributed by atoms with Crippen LogP contribution in [-0.2, 0) is 4.79 Å². The minimum atomic E-state index is -0.240. The van der Waals surface area contributed by atoms with Gasteiger partial charge in [-0.1, -0.05) is 29.5 Å². The number of aromatic nitrogens is 2. The van der Waals surface area contributed by atoms with Crippen LogP contribution in [0.15, 0.2) is 4.34 Å². The number of carbonyl (C=O) groups excluding carboxylic acids is 1. The Balaban J connectivity index is 2.21. The standard InChI is InChI=1S/C9H14FN3OS2/c1-7(14)11-8-12-13-9(16-8)15-6-4-2-3-5-10/h2-6H2,1H3,(H,11,12,14). The monoisotopic (exact) mass is 263 g/mol. The topological polar surface area (TPSA) is 54.9 Å². The van der Waals surface area contributed by atoms with Gasteiger partial charge in [-0.05, 0) is 12.8 Å². The number of hydrogen-bond acceptors (Lipinski definition) is 5. The molecule has 0 spiro atoms. The van der Waals surface area contributed by atoms with E-state index in [0.717, 1.165) is 22.9 Å². The molecule has 0 aliphatic rings. The number of thioether (sulfide) groups is 1. The maximum atomic E-state index is 11.8. The number of amides is 1. The lowest BCUT2D eigenvalue weighted by Crippen LogP contribution is -2.04. The SMILES string of the molecule is CC(=O)Nc1nnc(SCCCCCF)s1. The molecular weight excluding hydrogens is 249 g/mol. The predicted octanol–water partition coefficient (Wildman–Crippen LogP) is 2.73. The number of carbonyl (C=O) groups is 1. The van der Waals surface area contributed by atoms with Crippen molar-refractivity contribution in [2.45, 2.75) is 30.5 Å². The molecule has 1 amide bonds. The van der Waals surface area contributed by atoms with Crippen LogP contribution in [-0.4, -0.2) is 28.5 Å². The van der Waals surface area contributed by atoms with Gasteiger partial charge in [-0.3, -0.25) is 9.18 Å². The minimum Gasteiger partial charge on any atom is -0.301 e. The third kappa shape index (κ3) is 5.41. The van der Waals surface area contributed by atoms with Gasteiger partial charge in [-0.2, -0.15) is 0 Å². The zero-order chi connectivity index (χ0) is 11.8. The lowest BCUT2D eigenvalue weighted by molar-refractivity contribution is -0.114. The second kappa shape index (κ2) is 7.56. The summed E-state index contributed by atoms with van der Waals surface area (Å²) in [6, 6.07) is 0. The van der Waals surface area contributed by atoms with Gasteiger partial charge in [0, 0.05) is 12.7 Å². The molecule has 0 radical (unpaired) electrons. The third-order valence-corrected chi connectivity index (χ3v) is 3.75. The van der Waals surface area contributed by atoms with Crippen molar-refractivity contribution in [3.05, 3.63) is 0 Å². The summed E-state index contributed by atoms with van der Waals surface area (Å²) in [7, 11) is 0. The normalized spacial score (nSPS) is 10.4. The summed E-state index contributed by atoms with van der Waals surface area (Å²) in [5.74, 6) is 0.768. The Kier molecular flexibility index (Phi) is 6.32. The van der Waals surface area contributed by atoms with Crippen LogP contribution in [0.25, 0.3) is 0 Å². The van der Waals surface area contributed by atoms with Gasteiger partial charge in [0.15, 0.2) is 4.34 Å². The van der Waals surface area contributed by atoms with Crippen LogP contribution >= 0.6 is 23.1 Å². The molecule has 0 fully saturated rings. The molecule has 0 atom stereocenters. The number of halogens is 1. The molecule has 0 aliphatic heterocycles. The molecule has 0 saturated carbocycles. The Morgan fingerprint density at radius 3 is 2.94 bits per heavy atom. The van der Waals surface area contributed by atoms with E-state index in [9.17, 15) is 9.18 Å². The van der Waals surface area contributed by atoms with Gasteiger partial charge in [-0.15, -0.1) is 10.2 Å². The summed E-state index contributed by atoms with van der Waals surface area (Å²) in [6.07, 6.45) is 2.51. The number of alkyl halides is 1. The number of nitrogens with zero attached hydrogens (tertiary/aromatic N) is 2. The first-order chi connectivity index (χ1) is 7.72. The van der Waals surface area contributed by atoms with Crippen molar-refractivity contribution in [3.63, 3.8) is 0 Å². The van der Waals surface area contributed by atoms with Crippen molar-refractivity contribution in [1.82, 2.24) is 10.2 Å². The molecule has 1 aromatic rings. The van der Waals surface area contributed by atoms with E-state index in [-0.39, 0.29) is 12.6 Å². The van der Waals surface area contributed by atoms with Crippen LogP contribution in [0.5, 0.6) is 0 Å². The first kappa shape index (κ1) is 13.4. The Hall–Kier alpha value is -0.690. The van der Waals surface area contributed by atoms with Gasteiger partial charge in [0.2, 0.25) is 11.0 Å². The van der Waals surface area contributed by atoms with E-state index in [1.165, 1.54) is 18.3 Å². The molecule has 0 bridgehead atoms. The van der Waals surface area contributed by atoms with Crippen LogP contribution in [0.3, 0.4) is 0 Å². The molecule has 4 nitrogen and oxygen atoms in total. The second-order valence-electron chi connectivity index (χ2n) is 3.15. The highest BCUT2D eigenvalue weighted by Gasteiger charge is 2.05. The summed E-state index contributed by atoms with van der Waals surface area (Å²) >= 11 is 2.95. The molecular formula is C9H14FN3OS2. The largest absolute Gasteiger partial charge is 0.301 e. The summed E-state index contributed by atoms with van der Waals surface area (Å²) in [6.45, 7) is 1.20. The second-order valence-corrected chi connectivity index (χ2v) is 5.47. The number of hydrogen-bond donors (Lipinski definition) is 1. The highest BCUT2D eigenvalue weighted by molar-refractivity contribution is 8.01. The molecule has 1 heterocycles. The molecule has 0 unspecified atom stereocenters. The van der Waals surface area contributed by atoms with E-state index in [4.69, 9.17) is 0 Å². The Bertz CT molecular complexity index is 332. The summed E-state index contributed by atoms with van der Waals surface area (Å²) < 4.78 is 12.6. The van der Waals surface area contributed by atoms with E-state index in [0.29, 0.717) is 11.6 Å². The van der Waals surface area contributed by atoms with Crippen molar-refractivity contribution in [1.29, 1.82) is 0 Å². The molecule has 1 rings (SSSR count). The Morgan fingerprint density at radius 1 is 1.44 bits per heavy atom. The smallest absolute Gasteiger partial charge is 0.223 e. The van der Waals surface area contributed by atoms with E-state index < -0.39 is 0 Å². The van der Waals surface area contributed by atoms with Crippen LogP contribution in [0.1, 0.15) is 26.2 Å². The maximum Gasteiger partial charge on any atom is 0.223 e. The van der Waals surface area contributed by atoms with Crippen molar-refractivity contribution in [3.8, 4) is 0 Å². The number of anilines is 1. The average molecular weight is 263 g/mol. The Morgan fingerprint density at radius 2 is 2.25 bits per heavy atom. The van der Waals surface area contributed by atoms with E-state index in [2.05, 4.69) is 15.5 Å². The fraction of sp³-hybridized carbons (Fsp3) is 0.667. The molecule has 7 heteroatoms. The van der Waals surface area contributed by atoms with E-state index >= 15 is 0 Å². The summed E-state index contributed by atoms with van der Waals surface area (Å²) in [4.78, 5) is 10.7. The van der Waals surface area contributed by atoms with Crippen molar-refractivity contribution >= 4 is 34.1 Å². The third-order valence-electron chi connectivity index (χ3n) is 1.69. The molecule has 1 N–H and O–H groups in total. The first-order valence-corrected chi connectivity index (χ1v) is 6.82. The van der Waals surface area contributed by atoms with Crippen LogP contribution in [0.2, 0.25) is 0 Å². The molecule has 90 valence electrons. The van der Waals surface area contributed by atoms with Gasteiger partial charge >= 0.3 is 0 Å². The summed E-state index contributed by atoms with van der Waals surface area (Å²) in [5.41, 5.74) is 0. The fourth-order valence-corrected chi connectivity index (χ4v) is 2.87. The zero-order valence-electron chi connectivity index (χ0n) is 9.03. The molecule has 0 aliphatic carbocycles. The lowest BCUT2D eigenvalue weighted by Gasteiger charge is -1.95. The maximum absolute atomic E-state index is 11.8. The Labute approximate surface area is 102 Å². The highest BCUT2D eigenvalue weighted by Crippen LogP contribution is 2.26. The molecule has 16 heavy (non-hydrogen) atoms. The molecule has 1 aromatic heterocycles. The van der Waals surface area contributed by atoms with Gasteiger partial charge in [0.05, 0.1) is 6.67 Å². The van der Waals surface area contributed by atoms with Crippen LogP contribution in [0, 0.1) is 0 Å². The molecule has 0 aromatic carbocycles. The van der Waals surface area contributed by atoms with Crippen molar-refractivity contribution < 1.29 is 9.18 Å².